The molecule has 1 atom stereocenters. The van der Waals surface area contributed by atoms with E-state index < -0.39 is 0 Å². The van der Waals surface area contributed by atoms with Gasteiger partial charge in [-0.1, -0.05) is 23.7 Å². The second-order valence-electron chi connectivity index (χ2n) is 4.42. The third-order valence-electron chi connectivity index (χ3n) is 2.61. The lowest BCUT2D eigenvalue weighted by Crippen LogP contribution is -2.20. The summed E-state index contributed by atoms with van der Waals surface area (Å²) in [6, 6.07) is 7.33. The van der Waals surface area contributed by atoms with E-state index in [0.717, 1.165) is 0 Å². The number of hydrogen-bond donors (Lipinski definition) is 2. The van der Waals surface area contributed by atoms with Gasteiger partial charge in [-0.3, -0.25) is 4.79 Å². The molecule has 0 radical (unpaired) electrons. The van der Waals surface area contributed by atoms with Gasteiger partial charge in [0, 0.05) is 12.5 Å². The van der Waals surface area contributed by atoms with Crippen molar-refractivity contribution < 1.29 is 4.79 Å². The van der Waals surface area contributed by atoms with Crippen LogP contribution in [0.25, 0.3) is 11.0 Å². The number of carbonyl (C=O) groups excluding carboxylic acids is 1. The number of benzene rings is 1. The molecule has 5 nitrogen and oxygen atoms in total. The van der Waals surface area contributed by atoms with Crippen LogP contribution < -0.4 is 11.1 Å². The molecule has 6 heteroatoms. The maximum absolute atomic E-state index is 11.7. The predicted molar refractivity (Wildman–Crippen MR) is 76.1 cm³/mol. The molecular weight excluding hydrogens is 264 g/mol. The van der Waals surface area contributed by atoms with Crippen LogP contribution in [0.2, 0.25) is 5.15 Å². The molecule has 1 aromatic heterocycles. The van der Waals surface area contributed by atoms with Crippen LogP contribution in [0.5, 0.6) is 0 Å². The predicted octanol–water partition coefficient (Wildman–Crippen LogP) is 2.35. The van der Waals surface area contributed by atoms with E-state index in [0.29, 0.717) is 23.9 Å². The first kappa shape index (κ1) is 13.7. The Labute approximate surface area is 116 Å². The molecule has 0 aliphatic carbocycles. The highest BCUT2D eigenvalue weighted by atomic mass is 35.5. The molecule has 2 aromatic rings. The highest BCUT2D eigenvalue weighted by Crippen LogP contribution is 2.21. The SMILES string of the molecule is CC(N)CCC(=O)Nc1nc2ccccc2nc1Cl. The van der Waals surface area contributed by atoms with Gasteiger partial charge in [0.15, 0.2) is 11.0 Å². The van der Waals surface area contributed by atoms with E-state index in [9.17, 15) is 4.79 Å². The third kappa shape index (κ3) is 3.62. The Balaban J connectivity index is 2.16. The molecule has 0 fully saturated rings. The summed E-state index contributed by atoms with van der Waals surface area (Å²) >= 11 is 6.00. The van der Waals surface area contributed by atoms with E-state index in [1.54, 1.807) is 0 Å². The van der Waals surface area contributed by atoms with Gasteiger partial charge in [0.05, 0.1) is 11.0 Å². The first-order valence-corrected chi connectivity index (χ1v) is 6.42. The second-order valence-corrected chi connectivity index (χ2v) is 4.77. The van der Waals surface area contributed by atoms with Crippen molar-refractivity contribution in [2.75, 3.05) is 5.32 Å². The van der Waals surface area contributed by atoms with E-state index in [1.807, 2.05) is 31.2 Å². The van der Waals surface area contributed by atoms with Crippen molar-refractivity contribution in [3.8, 4) is 0 Å². The van der Waals surface area contributed by atoms with Gasteiger partial charge in [-0.15, -0.1) is 0 Å². The number of halogens is 1. The van der Waals surface area contributed by atoms with Crippen LogP contribution >= 0.6 is 11.6 Å². The summed E-state index contributed by atoms with van der Waals surface area (Å²) < 4.78 is 0. The largest absolute Gasteiger partial charge is 0.328 e. The average Bonchev–Trinajstić information content (AvgIpc) is 2.37. The molecule has 0 aliphatic rings. The summed E-state index contributed by atoms with van der Waals surface area (Å²) in [6.07, 6.45) is 0.951. The van der Waals surface area contributed by atoms with Crippen LogP contribution in [0, 0.1) is 0 Å². The topological polar surface area (TPSA) is 80.9 Å². The van der Waals surface area contributed by atoms with Crippen molar-refractivity contribution >= 4 is 34.4 Å². The van der Waals surface area contributed by atoms with Crippen molar-refractivity contribution in [1.29, 1.82) is 0 Å². The number of rotatable bonds is 4. The quantitative estimate of drug-likeness (QED) is 0.899. The minimum absolute atomic E-state index is 0.0103. The number of fused-ring (bicyclic) bond motifs is 1. The monoisotopic (exact) mass is 278 g/mol. The lowest BCUT2D eigenvalue weighted by Gasteiger charge is -2.08. The Bertz CT molecular complexity index is 600. The lowest BCUT2D eigenvalue weighted by atomic mass is 10.2. The summed E-state index contributed by atoms with van der Waals surface area (Å²) in [7, 11) is 0. The Hall–Kier alpha value is -1.72. The summed E-state index contributed by atoms with van der Waals surface area (Å²) in [4.78, 5) is 20.2. The molecule has 1 aromatic carbocycles. The van der Waals surface area contributed by atoms with E-state index in [-0.39, 0.29) is 22.9 Å². The Kier molecular flexibility index (Phi) is 4.29. The fourth-order valence-corrected chi connectivity index (χ4v) is 1.79. The van der Waals surface area contributed by atoms with Crippen LogP contribution in [-0.4, -0.2) is 21.9 Å². The molecular formula is C13H15ClN4O. The van der Waals surface area contributed by atoms with E-state index in [1.165, 1.54) is 0 Å². The number of hydrogen-bond acceptors (Lipinski definition) is 4. The van der Waals surface area contributed by atoms with Gasteiger partial charge in [-0.2, -0.15) is 0 Å². The van der Waals surface area contributed by atoms with Crippen molar-refractivity contribution in [3.05, 3.63) is 29.4 Å². The van der Waals surface area contributed by atoms with Gasteiger partial charge in [0.2, 0.25) is 5.91 Å². The zero-order chi connectivity index (χ0) is 13.8. The lowest BCUT2D eigenvalue weighted by molar-refractivity contribution is -0.116. The third-order valence-corrected chi connectivity index (χ3v) is 2.88. The van der Waals surface area contributed by atoms with Crippen molar-refractivity contribution in [2.45, 2.75) is 25.8 Å². The molecule has 1 amide bonds. The molecule has 0 aliphatic heterocycles. The highest BCUT2D eigenvalue weighted by Gasteiger charge is 2.10. The number of para-hydroxylation sites is 2. The average molecular weight is 279 g/mol. The number of nitrogens with zero attached hydrogens (tertiary/aromatic N) is 2. The maximum Gasteiger partial charge on any atom is 0.225 e. The summed E-state index contributed by atoms with van der Waals surface area (Å²) in [6.45, 7) is 1.86. The number of nitrogens with one attached hydrogen (secondary N) is 1. The van der Waals surface area contributed by atoms with E-state index in [4.69, 9.17) is 17.3 Å². The maximum atomic E-state index is 11.7. The minimum atomic E-state index is -0.163. The van der Waals surface area contributed by atoms with Gasteiger partial charge < -0.3 is 11.1 Å². The van der Waals surface area contributed by atoms with Crippen LogP contribution in [0.1, 0.15) is 19.8 Å². The molecule has 0 spiro atoms. The first-order chi connectivity index (χ1) is 9.06. The van der Waals surface area contributed by atoms with Gasteiger partial charge >= 0.3 is 0 Å². The number of aromatic nitrogens is 2. The molecule has 100 valence electrons. The Morgan fingerprint density at radius 1 is 1.37 bits per heavy atom. The highest BCUT2D eigenvalue weighted by molar-refractivity contribution is 6.32. The minimum Gasteiger partial charge on any atom is -0.328 e. The number of anilines is 1. The zero-order valence-corrected chi connectivity index (χ0v) is 11.3. The van der Waals surface area contributed by atoms with Crippen molar-refractivity contribution in [2.24, 2.45) is 5.73 Å². The summed E-state index contributed by atoms with van der Waals surface area (Å²) in [5.74, 6) is 0.124. The first-order valence-electron chi connectivity index (χ1n) is 6.04. The van der Waals surface area contributed by atoms with Crippen molar-refractivity contribution in [1.82, 2.24) is 9.97 Å². The van der Waals surface area contributed by atoms with E-state index >= 15 is 0 Å². The zero-order valence-electron chi connectivity index (χ0n) is 10.6. The number of nitrogens with two attached hydrogens (primary N) is 1. The van der Waals surface area contributed by atoms with Crippen LogP contribution in [0.4, 0.5) is 5.82 Å². The molecule has 3 N–H and O–H groups in total. The molecule has 1 heterocycles. The van der Waals surface area contributed by atoms with Gasteiger partial charge in [-0.05, 0) is 25.5 Å². The molecule has 1 unspecified atom stereocenters. The van der Waals surface area contributed by atoms with Gasteiger partial charge in [-0.25, -0.2) is 9.97 Å². The molecule has 0 saturated carbocycles. The standard InChI is InChI=1S/C13H15ClN4O/c1-8(15)6-7-11(19)18-13-12(14)16-9-4-2-3-5-10(9)17-13/h2-5,8H,6-7,15H2,1H3,(H,17,18,19). The summed E-state index contributed by atoms with van der Waals surface area (Å²) in [5, 5.41) is 2.85. The number of amides is 1. The molecule has 2 rings (SSSR count). The van der Waals surface area contributed by atoms with Crippen molar-refractivity contribution in [3.63, 3.8) is 0 Å². The smallest absolute Gasteiger partial charge is 0.225 e. The number of carbonyl (C=O) groups is 1. The Morgan fingerprint density at radius 2 is 2.00 bits per heavy atom. The molecule has 0 saturated heterocycles. The fourth-order valence-electron chi connectivity index (χ4n) is 1.61. The van der Waals surface area contributed by atoms with Gasteiger partial charge in [0.1, 0.15) is 0 Å². The van der Waals surface area contributed by atoms with Gasteiger partial charge in [0.25, 0.3) is 0 Å². The second kappa shape index (κ2) is 5.95. The normalized spacial score (nSPS) is 12.4. The Morgan fingerprint density at radius 3 is 2.63 bits per heavy atom. The molecule has 19 heavy (non-hydrogen) atoms. The van der Waals surface area contributed by atoms with Crippen LogP contribution in [0.3, 0.4) is 0 Å². The fraction of sp³-hybridized carbons (Fsp3) is 0.308. The van der Waals surface area contributed by atoms with E-state index in [2.05, 4.69) is 15.3 Å². The summed E-state index contributed by atoms with van der Waals surface area (Å²) in [5.41, 5.74) is 6.99. The van der Waals surface area contributed by atoms with Crippen LogP contribution in [0.15, 0.2) is 24.3 Å². The molecule has 0 bridgehead atoms. The van der Waals surface area contributed by atoms with Crippen LogP contribution in [-0.2, 0) is 4.79 Å².